The van der Waals surface area contributed by atoms with Gasteiger partial charge >= 0.3 is 0 Å². The normalized spacial score (nSPS) is 12.6. The minimum atomic E-state index is 0.200. The molecule has 2 aromatic rings. The molecular weight excluding hydrogens is 202 g/mol. The van der Waals surface area contributed by atoms with Gasteiger partial charge in [0.2, 0.25) is 0 Å². The highest BCUT2D eigenvalue weighted by atomic mass is 15.3. The van der Waals surface area contributed by atoms with Gasteiger partial charge in [0.15, 0.2) is 0 Å². The maximum Gasteiger partial charge on any atom is 0.0997 e. The van der Waals surface area contributed by atoms with Gasteiger partial charge in [-0.05, 0) is 30.7 Å². The van der Waals surface area contributed by atoms with Gasteiger partial charge in [0.1, 0.15) is 0 Å². The van der Waals surface area contributed by atoms with Crippen LogP contribution in [0.25, 0.3) is 0 Å². The summed E-state index contributed by atoms with van der Waals surface area (Å²) < 4.78 is 0. The van der Waals surface area contributed by atoms with Gasteiger partial charge in [-0.1, -0.05) is 6.92 Å². The van der Waals surface area contributed by atoms with Crippen molar-refractivity contribution in [2.45, 2.75) is 19.4 Å². The van der Waals surface area contributed by atoms with Crippen LogP contribution in [-0.2, 0) is 6.42 Å². The molecule has 1 unspecified atom stereocenters. The van der Waals surface area contributed by atoms with Crippen molar-refractivity contribution in [2.75, 3.05) is 6.54 Å². The topological polar surface area (TPSA) is 66.5 Å². The molecule has 2 heterocycles. The van der Waals surface area contributed by atoms with Gasteiger partial charge in [0, 0.05) is 12.4 Å². The van der Waals surface area contributed by atoms with Crippen LogP contribution in [0.3, 0.4) is 0 Å². The van der Waals surface area contributed by atoms with Crippen LogP contribution in [0.2, 0.25) is 0 Å². The number of H-pyrrole nitrogens is 1. The molecule has 0 aliphatic heterocycles. The van der Waals surface area contributed by atoms with E-state index >= 15 is 0 Å². The van der Waals surface area contributed by atoms with Gasteiger partial charge < -0.3 is 5.32 Å². The Bertz CT molecular complexity index is 398. The Morgan fingerprint density at radius 1 is 1.38 bits per heavy atom. The van der Waals surface area contributed by atoms with Crippen molar-refractivity contribution in [3.8, 4) is 0 Å². The zero-order valence-electron chi connectivity index (χ0n) is 9.22. The number of hydrogen-bond acceptors (Lipinski definition) is 4. The first kappa shape index (κ1) is 10.8. The third kappa shape index (κ3) is 2.64. The van der Waals surface area contributed by atoms with Crippen LogP contribution in [0.5, 0.6) is 0 Å². The summed E-state index contributed by atoms with van der Waals surface area (Å²) in [6, 6.07) is 4.24. The van der Waals surface area contributed by atoms with E-state index in [0.717, 1.165) is 18.7 Å². The molecule has 0 spiro atoms. The summed E-state index contributed by atoms with van der Waals surface area (Å²) in [7, 11) is 0. The number of pyridine rings is 1. The lowest BCUT2D eigenvalue weighted by atomic mass is 10.1. The minimum Gasteiger partial charge on any atom is -0.309 e. The Balaban J connectivity index is 2.09. The molecule has 0 amide bonds. The summed E-state index contributed by atoms with van der Waals surface area (Å²) >= 11 is 0. The lowest BCUT2D eigenvalue weighted by Gasteiger charge is -2.14. The predicted octanol–water partition coefficient (Wildman–Crippen LogP) is 1.09. The molecule has 0 aromatic carbocycles. The van der Waals surface area contributed by atoms with Crippen LogP contribution in [0.15, 0.2) is 30.7 Å². The van der Waals surface area contributed by atoms with Gasteiger partial charge in [-0.2, -0.15) is 15.4 Å². The van der Waals surface area contributed by atoms with E-state index in [9.17, 15) is 0 Å². The molecule has 2 N–H and O–H groups in total. The third-order valence-electron chi connectivity index (χ3n) is 2.43. The second-order valence-corrected chi connectivity index (χ2v) is 3.56. The molecule has 0 aliphatic rings. The highest BCUT2D eigenvalue weighted by molar-refractivity contribution is 5.14. The molecule has 0 aliphatic carbocycles. The van der Waals surface area contributed by atoms with Gasteiger partial charge in [-0.15, -0.1) is 0 Å². The molecule has 2 rings (SSSR count). The highest BCUT2D eigenvalue weighted by Crippen LogP contribution is 2.14. The van der Waals surface area contributed by atoms with Crippen molar-refractivity contribution in [1.29, 1.82) is 0 Å². The first-order valence-electron chi connectivity index (χ1n) is 5.38. The Hall–Kier alpha value is -1.75. The Kier molecular flexibility index (Phi) is 3.61. The number of rotatable bonds is 5. The van der Waals surface area contributed by atoms with Gasteiger partial charge in [0.25, 0.3) is 0 Å². The van der Waals surface area contributed by atoms with Crippen LogP contribution in [0.4, 0.5) is 0 Å². The number of likely N-dealkylation sites (N-methyl/N-ethyl adjacent to an activating group) is 1. The van der Waals surface area contributed by atoms with E-state index in [1.807, 2.05) is 12.1 Å². The van der Waals surface area contributed by atoms with Crippen LogP contribution in [0, 0.1) is 0 Å². The fourth-order valence-corrected chi connectivity index (χ4v) is 1.66. The zero-order chi connectivity index (χ0) is 11.2. The smallest absolute Gasteiger partial charge is 0.0997 e. The molecule has 0 saturated carbocycles. The third-order valence-corrected chi connectivity index (χ3v) is 2.43. The molecule has 0 bridgehead atoms. The number of aromatic nitrogens is 4. The van der Waals surface area contributed by atoms with E-state index in [0.29, 0.717) is 0 Å². The number of nitrogens with zero attached hydrogens (tertiary/aromatic N) is 3. The van der Waals surface area contributed by atoms with E-state index in [4.69, 9.17) is 0 Å². The fraction of sp³-hybridized carbons (Fsp3) is 0.364. The molecule has 2 aromatic heterocycles. The van der Waals surface area contributed by atoms with E-state index in [1.165, 1.54) is 5.56 Å². The quantitative estimate of drug-likeness (QED) is 0.787. The summed E-state index contributed by atoms with van der Waals surface area (Å²) in [5.41, 5.74) is 2.18. The summed E-state index contributed by atoms with van der Waals surface area (Å²) in [6.07, 6.45) is 6.26. The van der Waals surface area contributed by atoms with E-state index in [-0.39, 0.29) is 6.04 Å². The second-order valence-electron chi connectivity index (χ2n) is 3.56. The largest absolute Gasteiger partial charge is 0.309 e. The lowest BCUT2D eigenvalue weighted by molar-refractivity contribution is 0.535. The van der Waals surface area contributed by atoms with E-state index < -0.39 is 0 Å². The van der Waals surface area contributed by atoms with Crippen LogP contribution >= 0.6 is 0 Å². The number of nitrogens with one attached hydrogen (secondary N) is 2. The summed E-state index contributed by atoms with van der Waals surface area (Å²) in [5.74, 6) is 0. The van der Waals surface area contributed by atoms with Crippen molar-refractivity contribution in [3.05, 3.63) is 42.0 Å². The first-order valence-corrected chi connectivity index (χ1v) is 5.38. The number of aromatic amines is 1. The highest BCUT2D eigenvalue weighted by Gasteiger charge is 2.13. The SMILES string of the molecule is CCNC(Cc1ccncc1)c1cn[nH]n1. The van der Waals surface area contributed by atoms with Crippen molar-refractivity contribution in [2.24, 2.45) is 0 Å². The molecule has 1 atom stereocenters. The standard InChI is InChI=1S/C11H15N5/c1-2-13-10(11-8-14-16-15-11)7-9-3-5-12-6-4-9/h3-6,8,10,13H,2,7H2,1H3,(H,14,15,16). The average Bonchev–Trinajstić information content (AvgIpc) is 2.83. The molecule has 84 valence electrons. The van der Waals surface area contributed by atoms with Crippen LogP contribution in [-0.4, -0.2) is 26.9 Å². The first-order chi connectivity index (χ1) is 7.90. The van der Waals surface area contributed by atoms with Crippen molar-refractivity contribution in [1.82, 2.24) is 25.7 Å². The monoisotopic (exact) mass is 217 g/mol. The molecule has 0 saturated heterocycles. The molecule has 0 fully saturated rings. The van der Waals surface area contributed by atoms with Crippen LogP contribution in [0.1, 0.15) is 24.2 Å². The lowest BCUT2D eigenvalue weighted by Crippen LogP contribution is -2.23. The van der Waals surface area contributed by atoms with Gasteiger partial charge in [-0.25, -0.2) is 0 Å². The van der Waals surface area contributed by atoms with Gasteiger partial charge in [0.05, 0.1) is 17.9 Å². The maximum atomic E-state index is 4.12. The molecule has 16 heavy (non-hydrogen) atoms. The minimum absolute atomic E-state index is 0.200. The molecule has 5 heteroatoms. The second kappa shape index (κ2) is 5.37. The summed E-state index contributed by atoms with van der Waals surface area (Å²) in [6.45, 7) is 2.99. The molecule has 0 radical (unpaired) electrons. The van der Waals surface area contributed by atoms with Crippen molar-refractivity contribution >= 4 is 0 Å². The fourth-order valence-electron chi connectivity index (χ4n) is 1.66. The Morgan fingerprint density at radius 3 is 2.81 bits per heavy atom. The molecule has 5 nitrogen and oxygen atoms in total. The van der Waals surface area contributed by atoms with E-state index in [2.05, 4.69) is 32.6 Å². The van der Waals surface area contributed by atoms with Gasteiger partial charge in [-0.3, -0.25) is 4.98 Å². The average molecular weight is 217 g/mol. The predicted molar refractivity (Wildman–Crippen MR) is 60.7 cm³/mol. The van der Waals surface area contributed by atoms with E-state index in [1.54, 1.807) is 18.6 Å². The van der Waals surface area contributed by atoms with Crippen molar-refractivity contribution < 1.29 is 0 Å². The van der Waals surface area contributed by atoms with Crippen LogP contribution < -0.4 is 5.32 Å². The Labute approximate surface area is 94.3 Å². The number of hydrogen-bond donors (Lipinski definition) is 2. The molecular formula is C11H15N5. The summed E-state index contributed by atoms with van der Waals surface area (Å²) in [4.78, 5) is 4.01. The maximum absolute atomic E-state index is 4.12. The Morgan fingerprint density at radius 2 is 2.19 bits per heavy atom. The zero-order valence-corrected chi connectivity index (χ0v) is 9.22. The summed E-state index contributed by atoms with van der Waals surface area (Å²) in [5, 5.41) is 14.0. The van der Waals surface area contributed by atoms with Crippen molar-refractivity contribution in [3.63, 3.8) is 0 Å².